The Balaban J connectivity index is 0.00000544. The van der Waals surface area contributed by atoms with Gasteiger partial charge in [0.2, 0.25) is 5.91 Å². The van der Waals surface area contributed by atoms with Crippen LogP contribution in [-0.4, -0.2) is 62.0 Å². The molecule has 33 heavy (non-hydrogen) atoms. The number of benzene rings is 2. The molecule has 2 aromatic rings. The Labute approximate surface area is 202 Å². The van der Waals surface area contributed by atoms with E-state index in [9.17, 15) is 14.4 Å². The van der Waals surface area contributed by atoms with Crippen LogP contribution in [0, 0.1) is 0 Å². The van der Waals surface area contributed by atoms with Crippen molar-refractivity contribution >= 4 is 23.3 Å². The first-order valence-electron chi connectivity index (χ1n) is 10.8. The highest BCUT2D eigenvalue weighted by Gasteiger charge is 2.16. The van der Waals surface area contributed by atoms with Gasteiger partial charge in [-0.15, -0.1) is 0 Å². The average Bonchev–Trinajstić information content (AvgIpc) is 2.75. The van der Waals surface area contributed by atoms with Crippen molar-refractivity contribution in [3.8, 4) is 0 Å². The molecule has 0 saturated carbocycles. The molecule has 178 valence electrons. The summed E-state index contributed by atoms with van der Waals surface area (Å²) in [7, 11) is 5.72. The Hall–Kier alpha value is -3.03. The van der Waals surface area contributed by atoms with Crippen molar-refractivity contribution in [1.82, 2.24) is 10.7 Å². The number of likely N-dealkylation sites (N-methyl/N-ethyl adjacent to an activating group) is 1. The predicted octanol–water partition coefficient (Wildman–Crippen LogP) is -0.419. The molecule has 0 aromatic heterocycles. The number of rotatable bonds is 12. The zero-order valence-electron chi connectivity index (χ0n) is 19.5. The van der Waals surface area contributed by atoms with E-state index < -0.39 is 0 Å². The molecule has 0 atom stereocenters. The first-order chi connectivity index (χ1) is 15.2. The standard InChI is InChI=1S/C25H32N4O3.ClH/c1-29(2,3)19-25(32)28-27-22(18-23(30)21-12-8-5-9-13-21)14-15-24(31)26-17-16-20-10-6-4-7-11-20;/h4-13H,14-19H2,1-3H3,(H-,26,28,31,32);1H/b27-22+;. The molecule has 0 unspecified atom stereocenters. The molecular weight excluding hydrogens is 440 g/mol. The maximum atomic E-state index is 12.6. The molecule has 0 fully saturated rings. The van der Waals surface area contributed by atoms with Gasteiger partial charge in [-0.3, -0.25) is 14.4 Å². The summed E-state index contributed by atoms with van der Waals surface area (Å²) in [6.07, 6.45) is 1.29. The first-order valence-corrected chi connectivity index (χ1v) is 10.8. The number of hydrazone groups is 1. The molecule has 0 bridgehead atoms. The van der Waals surface area contributed by atoms with Crippen LogP contribution < -0.4 is 23.1 Å². The molecule has 2 amide bonds. The van der Waals surface area contributed by atoms with E-state index in [-0.39, 0.29) is 49.4 Å². The highest BCUT2D eigenvalue weighted by atomic mass is 35.5. The molecule has 0 saturated heterocycles. The lowest BCUT2D eigenvalue weighted by molar-refractivity contribution is -0.862. The van der Waals surface area contributed by atoms with E-state index in [2.05, 4.69) is 15.8 Å². The van der Waals surface area contributed by atoms with Crippen molar-refractivity contribution in [2.75, 3.05) is 34.2 Å². The number of ketones is 1. The van der Waals surface area contributed by atoms with E-state index in [0.29, 0.717) is 28.7 Å². The number of nitrogens with zero attached hydrogens (tertiary/aromatic N) is 2. The van der Waals surface area contributed by atoms with E-state index >= 15 is 0 Å². The third kappa shape index (κ3) is 12.0. The molecule has 0 radical (unpaired) electrons. The molecule has 0 aliphatic carbocycles. The second-order valence-electron chi connectivity index (χ2n) is 8.71. The van der Waals surface area contributed by atoms with E-state index in [1.54, 1.807) is 24.3 Å². The fourth-order valence-electron chi connectivity index (χ4n) is 3.04. The predicted molar refractivity (Wildman–Crippen MR) is 126 cm³/mol. The van der Waals surface area contributed by atoms with Gasteiger partial charge in [-0.05, 0) is 18.4 Å². The summed E-state index contributed by atoms with van der Waals surface area (Å²) in [6, 6.07) is 18.9. The third-order valence-corrected chi connectivity index (χ3v) is 4.64. The quantitative estimate of drug-likeness (QED) is 0.190. The zero-order valence-corrected chi connectivity index (χ0v) is 20.3. The van der Waals surface area contributed by atoms with Crippen LogP contribution in [0.4, 0.5) is 0 Å². The van der Waals surface area contributed by atoms with Gasteiger partial charge >= 0.3 is 0 Å². The van der Waals surface area contributed by atoms with Crippen LogP contribution in [0.15, 0.2) is 65.8 Å². The molecule has 2 N–H and O–H groups in total. The Kier molecular flexibility index (Phi) is 12.0. The van der Waals surface area contributed by atoms with Gasteiger partial charge in [-0.25, -0.2) is 5.43 Å². The third-order valence-electron chi connectivity index (χ3n) is 4.64. The lowest BCUT2D eigenvalue weighted by atomic mass is 10.0. The minimum Gasteiger partial charge on any atom is -1.00 e. The van der Waals surface area contributed by atoms with Crippen LogP contribution in [0.5, 0.6) is 0 Å². The summed E-state index contributed by atoms with van der Waals surface area (Å²) in [6.45, 7) is 0.794. The molecule has 2 rings (SSSR count). The maximum absolute atomic E-state index is 12.6. The molecule has 7 nitrogen and oxygen atoms in total. The monoisotopic (exact) mass is 472 g/mol. The van der Waals surface area contributed by atoms with Gasteiger partial charge in [0.25, 0.3) is 5.91 Å². The number of carbonyl (C=O) groups excluding carboxylic acids is 3. The molecule has 2 aromatic carbocycles. The van der Waals surface area contributed by atoms with Crippen LogP contribution in [-0.2, 0) is 16.0 Å². The van der Waals surface area contributed by atoms with Crippen molar-refractivity contribution in [2.45, 2.75) is 25.7 Å². The minimum atomic E-state index is -0.241. The van der Waals surface area contributed by atoms with Gasteiger partial charge in [0.15, 0.2) is 12.3 Å². The second kappa shape index (κ2) is 14.2. The molecule has 8 heteroatoms. The fourth-order valence-corrected chi connectivity index (χ4v) is 3.04. The van der Waals surface area contributed by atoms with Crippen LogP contribution in [0.3, 0.4) is 0 Å². The van der Waals surface area contributed by atoms with Gasteiger partial charge < -0.3 is 22.2 Å². The second-order valence-corrected chi connectivity index (χ2v) is 8.71. The SMILES string of the molecule is C[N+](C)(C)CC(=O)N/N=C(\CCC(=O)NCCc1ccccc1)CC(=O)c1ccccc1.[Cl-]. The van der Waals surface area contributed by atoms with Crippen LogP contribution in [0.1, 0.15) is 35.2 Å². The summed E-state index contributed by atoms with van der Waals surface area (Å²) < 4.78 is 0.462. The summed E-state index contributed by atoms with van der Waals surface area (Å²) in [5.74, 6) is -0.456. The fraction of sp³-hybridized carbons (Fsp3) is 0.360. The smallest absolute Gasteiger partial charge is 0.295 e. The van der Waals surface area contributed by atoms with Gasteiger partial charge in [-0.2, -0.15) is 5.10 Å². The number of Topliss-reactive ketones (excluding diaryl/α,β-unsaturated/α-hetero) is 1. The Morgan fingerprint density at radius 2 is 1.45 bits per heavy atom. The van der Waals surface area contributed by atoms with Crippen molar-refractivity contribution in [1.29, 1.82) is 0 Å². The average molecular weight is 473 g/mol. The highest BCUT2D eigenvalue weighted by Crippen LogP contribution is 2.07. The number of nitrogens with one attached hydrogen (secondary N) is 2. The Morgan fingerprint density at radius 1 is 0.848 bits per heavy atom. The number of hydrogen-bond acceptors (Lipinski definition) is 4. The molecule has 0 aliphatic heterocycles. The summed E-state index contributed by atoms with van der Waals surface area (Å²) >= 11 is 0. The van der Waals surface area contributed by atoms with Crippen molar-refractivity contribution in [2.24, 2.45) is 5.10 Å². The van der Waals surface area contributed by atoms with Gasteiger partial charge in [0.1, 0.15) is 0 Å². The highest BCUT2D eigenvalue weighted by molar-refractivity contribution is 6.10. The molecule has 0 spiro atoms. The van der Waals surface area contributed by atoms with Crippen molar-refractivity contribution < 1.29 is 31.3 Å². The topological polar surface area (TPSA) is 87.6 Å². The van der Waals surface area contributed by atoms with Gasteiger partial charge in [0, 0.05) is 24.2 Å². The van der Waals surface area contributed by atoms with E-state index in [4.69, 9.17) is 0 Å². The Bertz CT molecular complexity index is 926. The van der Waals surface area contributed by atoms with Gasteiger partial charge in [-0.1, -0.05) is 60.7 Å². The summed E-state index contributed by atoms with van der Waals surface area (Å²) in [5, 5.41) is 7.08. The van der Waals surface area contributed by atoms with Crippen LogP contribution in [0.2, 0.25) is 0 Å². The van der Waals surface area contributed by atoms with E-state index in [1.807, 2.05) is 57.5 Å². The zero-order chi connectivity index (χ0) is 23.4. The number of hydrogen-bond donors (Lipinski definition) is 2. The summed E-state index contributed by atoms with van der Waals surface area (Å²) in [4.78, 5) is 37.0. The van der Waals surface area contributed by atoms with Crippen molar-refractivity contribution in [3.05, 3.63) is 71.8 Å². The molecular formula is C25H33ClN4O3. The van der Waals surface area contributed by atoms with Crippen LogP contribution in [0.25, 0.3) is 0 Å². The molecule has 0 heterocycles. The first kappa shape index (κ1) is 28.0. The number of halogens is 1. The minimum absolute atomic E-state index is 0. The maximum Gasteiger partial charge on any atom is 0.295 e. The van der Waals surface area contributed by atoms with E-state index in [0.717, 1.165) is 12.0 Å². The number of amides is 2. The largest absolute Gasteiger partial charge is 1.00 e. The lowest BCUT2D eigenvalue weighted by Gasteiger charge is -2.22. The van der Waals surface area contributed by atoms with Crippen molar-refractivity contribution in [3.63, 3.8) is 0 Å². The lowest BCUT2D eigenvalue weighted by Crippen LogP contribution is -3.00. The molecule has 0 aliphatic rings. The Morgan fingerprint density at radius 3 is 2.06 bits per heavy atom. The van der Waals surface area contributed by atoms with E-state index in [1.165, 1.54) is 0 Å². The number of quaternary nitrogens is 1. The van der Waals surface area contributed by atoms with Crippen LogP contribution >= 0.6 is 0 Å². The summed E-state index contributed by atoms with van der Waals surface area (Å²) in [5.41, 5.74) is 4.74. The normalized spacial score (nSPS) is 11.3. The number of carbonyl (C=O) groups is 3. The van der Waals surface area contributed by atoms with Gasteiger partial charge in [0.05, 0.1) is 27.6 Å².